The minimum absolute atomic E-state index is 0.206. The number of aromatic nitrogens is 2. The Morgan fingerprint density at radius 2 is 2.15 bits per heavy atom. The van der Waals surface area contributed by atoms with Crippen molar-refractivity contribution in [3.05, 3.63) is 18.0 Å². The lowest BCUT2D eigenvalue weighted by Crippen LogP contribution is -2.49. The van der Waals surface area contributed by atoms with E-state index >= 15 is 0 Å². The summed E-state index contributed by atoms with van der Waals surface area (Å²) in [7, 11) is -2.84. The SMILES string of the molecule is CC(C)n1ccc(CN2CCS(=O)(=O)CC2C2CC2)n1. The van der Waals surface area contributed by atoms with Crippen molar-refractivity contribution in [2.75, 3.05) is 18.1 Å². The summed E-state index contributed by atoms with van der Waals surface area (Å²) in [4.78, 5) is 2.33. The molecule has 1 aliphatic heterocycles. The highest BCUT2D eigenvalue weighted by Gasteiger charge is 2.41. The average Bonchev–Trinajstić information content (AvgIpc) is 3.10. The van der Waals surface area contributed by atoms with Crippen LogP contribution in [0.25, 0.3) is 0 Å². The number of hydrogen-bond acceptors (Lipinski definition) is 4. The number of hydrogen-bond donors (Lipinski definition) is 0. The summed E-state index contributed by atoms with van der Waals surface area (Å²) in [5.41, 5.74) is 1.05. The maximum atomic E-state index is 11.8. The van der Waals surface area contributed by atoms with E-state index in [1.165, 1.54) is 12.8 Å². The van der Waals surface area contributed by atoms with Crippen LogP contribution in [0.5, 0.6) is 0 Å². The van der Waals surface area contributed by atoms with Crippen molar-refractivity contribution in [2.45, 2.75) is 45.3 Å². The molecule has 3 rings (SSSR count). The fraction of sp³-hybridized carbons (Fsp3) is 0.786. The van der Waals surface area contributed by atoms with E-state index in [4.69, 9.17) is 0 Å². The third-order valence-corrected chi connectivity index (χ3v) is 5.96. The second kappa shape index (κ2) is 5.15. The lowest BCUT2D eigenvalue weighted by Gasteiger charge is -2.35. The zero-order valence-electron chi connectivity index (χ0n) is 12.2. The molecule has 0 radical (unpaired) electrons. The first-order valence-corrected chi connectivity index (χ1v) is 9.25. The number of sulfone groups is 1. The van der Waals surface area contributed by atoms with Crippen LogP contribution in [-0.2, 0) is 16.4 Å². The van der Waals surface area contributed by atoms with Crippen molar-refractivity contribution in [1.29, 1.82) is 0 Å². The van der Waals surface area contributed by atoms with Crippen molar-refractivity contribution < 1.29 is 8.42 Å². The van der Waals surface area contributed by atoms with Crippen molar-refractivity contribution >= 4 is 9.84 Å². The molecule has 1 aliphatic carbocycles. The van der Waals surface area contributed by atoms with E-state index in [1.54, 1.807) is 0 Å². The quantitative estimate of drug-likeness (QED) is 0.844. The van der Waals surface area contributed by atoms with Gasteiger partial charge in [0.2, 0.25) is 0 Å². The Kier molecular flexibility index (Phi) is 3.62. The molecule has 112 valence electrons. The van der Waals surface area contributed by atoms with Gasteiger partial charge in [-0.15, -0.1) is 0 Å². The van der Waals surface area contributed by atoms with Gasteiger partial charge in [0.25, 0.3) is 0 Å². The molecule has 1 atom stereocenters. The molecule has 0 aromatic carbocycles. The Labute approximate surface area is 120 Å². The summed E-state index contributed by atoms with van der Waals surface area (Å²) in [6.07, 6.45) is 4.36. The zero-order valence-corrected chi connectivity index (χ0v) is 13.0. The highest BCUT2D eigenvalue weighted by atomic mass is 32.2. The van der Waals surface area contributed by atoms with E-state index in [2.05, 4.69) is 23.8 Å². The van der Waals surface area contributed by atoms with Crippen molar-refractivity contribution in [3.8, 4) is 0 Å². The highest BCUT2D eigenvalue weighted by molar-refractivity contribution is 7.91. The van der Waals surface area contributed by atoms with Crippen LogP contribution in [-0.4, -0.2) is 47.2 Å². The lowest BCUT2D eigenvalue weighted by molar-refractivity contribution is 0.182. The lowest BCUT2D eigenvalue weighted by atomic mass is 10.1. The molecule has 1 aromatic rings. The predicted octanol–water partition coefficient (Wildman–Crippen LogP) is 1.47. The van der Waals surface area contributed by atoms with Crippen LogP contribution in [0.1, 0.15) is 38.4 Å². The fourth-order valence-corrected chi connectivity index (χ4v) is 4.62. The Morgan fingerprint density at radius 1 is 1.40 bits per heavy atom. The average molecular weight is 297 g/mol. The van der Waals surface area contributed by atoms with Gasteiger partial charge in [-0.2, -0.15) is 5.10 Å². The molecule has 6 heteroatoms. The van der Waals surface area contributed by atoms with Crippen molar-refractivity contribution in [3.63, 3.8) is 0 Å². The van der Waals surface area contributed by atoms with Gasteiger partial charge >= 0.3 is 0 Å². The predicted molar refractivity (Wildman–Crippen MR) is 78.2 cm³/mol. The van der Waals surface area contributed by atoms with E-state index in [0.717, 1.165) is 12.2 Å². The summed E-state index contributed by atoms with van der Waals surface area (Å²) < 4.78 is 25.6. The molecular weight excluding hydrogens is 274 g/mol. The Morgan fingerprint density at radius 3 is 2.75 bits per heavy atom. The summed E-state index contributed by atoms with van der Waals surface area (Å²) in [5, 5.41) is 4.58. The van der Waals surface area contributed by atoms with Crippen LogP contribution < -0.4 is 0 Å². The molecule has 0 N–H and O–H groups in total. The summed E-state index contributed by atoms with van der Waals surface area (Å²) in [5.74, 6) is 1.21. The zero-order chi connectivity index (χ0) is 14.3. The molecule has 1 aromatic heterocycles. The normalized spacial score (nSPS) is 27.1. The molecule has 20 heavy (non-hydrogen) atoms. The molecule has 0 amide bonds. The van der Waals surface area contributed by atoms with E-state index in [-0.39, 0.29) is 6.04 Å². The van der Waals surface area contributed by atoms with Crippen LogP contribution in [0.2, 0.25) is 0 Å². The molecule has 1 unspecified atom stereocenters. The summed E-state index contributed by atoms with van der Waals surface area (Å²) in [6.45, 7) is 5.64. The van der Waals surface area contributed by atoms with Crippen molar-refractivity contribution in [1.82, 2.24) is 14.7 Å². The Balaban J connectivity index is 1.71. The fourth-order valence-electron chi connectivity index (χ4n) is 2.94. The maximum Gasteiger partial charge on any atom is 0.153 e. The maximum absolute atomic E-state index is 11.8. The molecule has 1 saturated carbocycles. The van der Waals surface area contributed by atoms with Crippen molar-refractivity contribution in [2.24, 2.45) is 5.92 Å². The molecule has 1 saturated heterocycles. The first-order valence-electron chi connectivity index (χ1n) is 7.43. The first-order chi connectivity index (χ1) is 9.44. The number of rotatable bonds is 4. The van der Waals surface area contributed by atoms with Gasteiger partial charge in [-0.3, -0.25) is 9.58 Å². The van der Waals surface area contributed by atoms with Gasteiger partial charge < -0.3 is 0 Å². The van der Waals surface area contributed by atoms with Crippen LogP contribution >= 0.6 is 0 Å². The largest absolute Gasteiger partial charge is 0.292 e. The minimum Gasteiger partial charge on any atom is -0.292 e. The third-order valence-electron chi connectivity index (χ3n) is 4.31. The van der Waals surface area contributed by atoms with Gasteiger partial charge in [0.05, 0.1) is 17.2 Å². The van der Waals surface area contributed by atoms with Crippen LogP contribution in [0.15, 0.2) is 12.3 Å². The Hall–Kier alpha value is -0.880. The molecule has 0 spiro atoms. The number of nitrogens with zero attached hydrogens (tertiary/aromatic N) is 3. The summed E-state index contributed by atoms with van der Waals surface area (Å²) >= 11 is 0. The van der Waals surface area contributed by atoms with Gasteiger partial charge in [0.15, 0.2) is 9.84 Å². The van der Waals surface area contributed by atoms with Gasteiger partial charge in [-0.05, 0) is 38.7 Å². The molecule has 2 fully saturated rings. The second-order valence-corrected chi connectivity index (χ2v) is 8.60. The standard InChI is InChI=1S/C14H23N3O2S/c1-11(2)17-6-5-13(15-17)9-16-7-8-20(18,19)10-14(16)12-3-4-12/h5-6,11-12,14H,3-4,7-10H2,1-2H3. The van der Waals surface area contributed by atoms with Crippen LogP contribution in [0.3, 0.4) is 0 Å². The second-order valence-electron chi connectivity index (χ2n) is 6.37. The molecule has 2 aliphatic rings. The van der Waals surface area contributed by atoms with Crippen LogP contribution in [0.4, 0.5) is 0 Å². The van der Waals surface area contributed by atoms with E-state index in [0.29, 0.717) is 30.0 Å². The minimum atomic E-state index is -2.84. The molecule has 2 heterocycles. The summed E-state index contributed by atoms with van der Waals surface area (Å²) in [6, 6.07) is 2.62. The highest BCUT2D eigenvalue weighted by Crippen LogP contribution is 2.37. The monoisotopic (exact) mass is 297 g/mol. The molecular formula is C14H23N3O2S. The van der Waals surface area contributed by atoms with Crippen LogP contribution in [0, 0.1) is 5.92 Å². The van der Waals surface area contributed by atoms with Gasteiger partial charge in [0.1, 0.15) is 0 Å². The molecule has 5 nitrogen and oxygen atoms in total. The first kappa shape index (κ1) is 14.1. The van der Waals surface area contributed by atoms with Gasteiger partial charge in [-0.1, -0.05) is 0 Å². The van der Waals surface area contributed by atoms with E-state index in [1.807, 2.05) is 16.9 Å². The third kappa shape index (κ3) is 3.06. The smallest absolute Gasteiger partial charge is 0.153 e. The topological polar surface area (TPSA) is 55.2 Å². The van der Waals surface area contributed by atoms with E-state index in [9.17, 15) is 8.42 Å². The van der Waals surface area contributed by atoms with Gasteiger partial charge in [-0.25, -0.2) is 8.42 Å². The molecule has 0 bridgehead atoms. The van der Waals surface area contributed by atoms with Gasteiger partial charge in [0, 0.05) is 31.4 Å². The van der Waals surface area contributed by atoms with E-state index < -0.39 is 9.84 Å². The Bertz CT molecular complexity index is 575.